The molecule has 1 fully saturated rings. The van der Waals surface area contributed by atoms with Crippen LogP contribution in [0.4, 0.5) is 17.1 Å². The molecule has 1 nitrogen and oxygen atoms in total. The van der Waals surface area contributed by atoms with Gasteiger partial charge in [0.2, 0.25) is 0 Å². The molecule has 3 aliphatic rings. The van der Waals surface area contributed by atoms with Crippen molar-refractivity contribution in [3.63, 3.8) is 0 Å². The molecule has 1 heteroatoms. The van der Waals surface area contributed by atoms with E-state index in [9.17, 15) is 0 Å². The molecule has 0 saturated heterocycles. The van der Waals surface area contributed by atoms with E-state index in [-0.39, 0.29) is 10.8 Å². The van der Waals surface area contributed by atoms with Crippen LogP contribution in [-0.2, 0) is 10.8 Å². The summed E-state index contributed by atoms with van der Waals surface area (Å²) in [6.45, 7) is 9.62. The van der Waals surface area contributed by atoms with E-state index in [0.29, 0.717) is 5.92 Å². The number of fused-ring (bicyclic) bond motifs is 7. The second-order valence-electron chi connectivity index (χ2n) is 20.6. The second-order valence-corrected chi connectivity index (χ2v) is 20.6. The Bertz CT molecular complexity index is 3310. The van der Waals surface area contributed by atoms with E-state index in [1.54, 1.807) is 0 Å². The minimum absolute atomic E-state index is 0.0811. The lowest BCUT2D eigenvalue weighted by Gasteiger charge is -2.29. The van der Waals surface area contributed by atoms with Crippen molar-refractivity contribution in [2.45, 2.75) is 89.4 Å². The van der Waals surface area contributed by atoms with Crippen molar-refractivity contribution in [2.75, 3.05) is 4.90 Å². The molecule has 1 saturated carbocycles. The van der Waals surface area contributed by atoms with Gasteiger partial charge in [-0.1, -0.05) is 199 Å². The average Bonchev–Trinajstić information content (AvgIpc) is 3.73. The molecule has 0 radical (unpaired) electrons. The first-order chi connectivity index (χ1) is 32.7. The Morgan fingerprint density at radius 1 is 0.343 bits per heavy atom. The smallest absolute Gasteiger partial charge is 0.0465 e. The minimum atomic E-state index is -0.172. The Morgan fingerprint density at radius 2 is 0.881 bits per heavy atom. The Kier molecular flexibility index (Phi) is 10.2. The fourth-order valence-corrected chi connectivity index (χ4v) is 12.4. The van der Waals surface area contributed by atoms with Crippen LogP contribution in [0.3, 0.4) is 0 Å². The van der Waals surface area contributed by atoms with Gasteiger partial charge >= 0.3 is 0 Å². The standard InChI is InChI=1S/C66H59N/c1-65(2)62-39-32-50(54-25-17-26-57-55-24-15-16-27-61(55)66(3,4)64(54)57)42-60(62)56-38-37-53(43-63(56)65)67(51-33-28-45(29-34-51)44-18-9-6-5-7-10-19-44)52-35-30-47(31-36-52)59-41-49-23-14-13-22-48(49)40-58(59)46-20-11-8-12-21-46/h8,11-17,20-44H,5-7,9-10,18-19H2,1-4H3. The summed E-state index contributed by atoms with van der Waals surface area (Å²) in [5, 5.41) is 2.51. The summed E-state index contributed by atoms with van der Waals surface area (Å²) in [5.74, 6) is 0.644. The highest BCUT2D eigenvalue weighted by Crippen LogP contribution is 2.55. The Labute approximate surface area is 397 Å². The van der Waals surface area contributed by atoms with Crippen LogP contribution in [0.25, 0.3) is 66.4 Å². The highest BCUT2D eigenvalue weighted by molar-refractivity contribution is 5.97. The highest BCUT2D eigenvalue weighted by atomic mass is 15.1. The van der Waals surface area contributed by atoms with Crippen LogP contribution in [0.1, 0.15) is 106 Å². The summed E-state index contributed by atoms with van der Waals surface area (Å²) in [6.07, 6.45) is 9.39. The molecule has 0 atom stereocenters. The van der Waals surface area contributed by atoms with Crippen molar-refractivity contribution in [2.24, 2.45) is 0 Å². The van der Waals surface area contributed by atoms with Crippen LogP contribution >= 0.6 is 0 Å². The molecule has 0 heterocycles. The molecular weight excluding hydrogens is 807 g/mol. The molecule has 0 aromatic heterocycles. The predicted octanol–water partition coefficient (Wildman–Crippen LogP) is 18.8. The summed E-state index contributed by atoms with van der Waals surface area (Å²) < 4.78 is 0. The molecule has 3 aliphatic carbocycles. The van der Waals surface area contributed by atoms with E-state index in [1.807, 2.05) is 0 Å². The number of nitrogens with zero attached hydrogens (tertiary/aromatic N) is 1. The van der Waals surface area contributed by atoms with Crippen LogP contribution in [0.5, 0.6) is 0 Å². The SMILES string of the molecule is CC1(C)c2ccc(-c3cccc4c3C(C)(C)c3ccccc3-4)cc2-c2ccc(N(c3ccc(-c4cc5ccccc5cc4-c4ccccc4)cc3)c3ccc(C4CCCCCCC4)cc3)cc21. The topological polar surface area (TPSA) is 3.24 Å². The number of benzene rings is 9. The summed E-state index contributed by atoms with van der Waals surface area (Å²) in [6, 6.07) is 73.7. The van der Waals surface area contributed by atoms with E-state index in [1.165, 1.54) is 151 Å². The molecule has 328 valence electrons. The lowest BCUT2D eigenvalue weighted by Crippen LogP contribution is -2.17. The van der Waals surface area contributed by atoms with Gasteiger partial charge in [0.05, 0.1) is 0 Å². The zero-order chi connectivity index (χ0) is 45.3. The number of hydrogen-bond acceptors (Lipinski definition) is 1. The summed E-state index contributed by atoms with van der Waals surface area (Å²) in [5.41, 5.74) is 23.4. The van der Waals surface area contributed by atoms with Crippen molar-refractivity contribution in [3.05, 3.63) is 222 Å². The molecule has 67 heavy (non-hydrogen) atoms. The molecule has 0 amide bonds. The van der Waals surface area contributed by atoms with E-state index >= 15 is 0 Å². The molecule has 0 spiro atoms. The summed E-state index contributed by atoms with van der Waals surface area (Å²) in [7, 11) is 0. The van der Waals surface area contributed by atoms with Gasteiger partial charge in [-0.25, -0.2) is 0 Å². The molecule has 12 rings (SSSR count). The molecule has 9 aromatic rings. The highest BCUT2D eigenvalue weighted by Gasteiger charge is 2.39. The largest absolute Gasteiger partial charge is 0.310 e. The zero-order valence-electron chi connectivity index (χ0n) is 39.4. The predicted molar refractivity (Wildman–Crippen MR) is 285 cm³/mol. The maximum atomic E-state index is 2.49. The van der Waals surface area contributed by atoms with Crippen molar-refractivity contribution < 1.29 is 0 Å². The van der Waals surface area contributed by atoms with Crippen LogP contribution in [0.15, 0.2) is 194 Å². The molecular formula is C66H59N. The molecule has 0 unspecified atom stereocenters. The lowest BCUT2D eigenvalue weighted by atomic mass is 9.78. The van der Waals surface area contributed by atoms with Crippen LogP contribution in [0.2, 0.25) is 0 Å². The quantitative estimate of drug-likeness (QED) is 0.154. The molecule has 0 bridgehead atoms. The number of anilines is 3. The van der Waals surface area contributed by atoms with Gasteiger partial charge in [-0.15, -0.1) is 0 Å². The monoisotopic (exact) mass is 865 g/mol. The summed E-state index contributed by atoms with van der Waals surface area (Å²) >= 11 is 0. The maximum Gasteiger partial charge on any atom is 0.0465 e. The third-order valence-corrected chi connectivity index (χ3v) is 15.9. The fraction of sp³-hybridized carbons (Fsp3) is 0.212. The first-order valence-corrected chi connectivity index (χ1v) is 24.9. The first kappa shape index (κ1) is 41.5. The average molecular weight is 866 g/mol. The van der Waals surface area contributed by atoms with E-state index in [2.05, 4.69) is 227 Å². The van der Waals surface area contributed by atoms with Crippen molar-refractivity contribution in [1.29, 1.82) is 0 Å². The molecule has 0 aliphatic heterocycles. The number of rotatable bonds is 7. The van der Waals surface area contributed by atoms with Crippen LogP contribution < -0.4 is 4.90 Å². The van der Waals surface area contributed by atoms with Gasteiger partial charge in [-0.3, -0.25) is 0 Å². The van der Waals surface area contributed by atoms with Crippen molar-refractivity contribution >= 4 is 27.8 Å². The van der Waals surface area contributed by atoms with Gasteiger partial charge in [0.25, 0.3) is 0 Å². The molecule has 0 N–H and O–H groups in total. The first-order valence-electron chi connectivity index (χ1n) is 24.9. The lowest BCUT2D eigenvalue weighted by molar-refractivity contribution is 0.455. The van der Waals surface area contributed by atoms with Gasteiger partial charge in [0.1, 0.15) is 0 Å². The van der Waals surface area contributed by atoms with Gasteiger partial charge < -0.3 is 4.90 Å². The minimum Gasteiger partial charge on any atom is -0.310 e. The van der Waals surface area contributed by atoms with Crippen molar-refractivity contribution in [1.82, 2.24) is 0 Å². The normalized spacial score (nSPS) is 15.8. The summed E-state index contributed by atoms with van der Waals surface area (Å²) in [4.78, 5) is 2.49. The fourth-order valence-electron chi connectivity index (χ4n) is 12.4. The third-order valence-electron chi connectivity index (χ3n) is 15.9. The van der Waals surface area contributed by atoms with Gasteiger partial charge in [0, 0.05) is 27.9 Å². The zero-order valence-corrected chi connectivity index (χ0v) is 39.4. The Hall–Kier alpha value is -6.96. The number of hydrogen-bond donors (Lipinski definition) is 0. The van der Waals surface area contributed by atoms with E-state index < -0.39 is 0 Å². The van der Waals surface area contributed by atoms with E-state index in [4.69, 9.17) is 0 Å². The van der Waals surface area contributed by atoms with Gasteiger partial charge in [0.15, 0.2) is 0 Å². The van der Waals surface area contributed by atoms with Crippen LogP contribution in [0, 0.1) is 0 Å². The van der Waals surface area contributed by atoms with E-state index in [0.717, 1.165) is 5.69 Å². The Morgan fingerprint density at radius 3 is 1.60 bits per heavy atom. The van der Waals surface area contributed by atoms with Crippen molar-refractivity contribution in [3.8, 4) is 55.6 Å². The van der Waals surface area contributed by atoms with Crippen LogP contribution in [-0.4, -0.2) is 0 Å². The molecule has 9 aromatic carbocycles. The maximum absolute atomic E-state index is 2.49. The van der Waals surface area contributed by atoms with Gasteiger partial charge in [-0.05, 0) is 168 Å². The Balaban J connectivity index is 0.953. The third kappa shape index (κ3) is 7.05. The van der Waals surface area contributed by atoms with Gasteiger partial charge in [-0.2, -0.15) is 0 Å². The second kappa shape index (κ2) is 16.4.